The van der Waals surface area contributed by atoms with Gasteiger partial charge in [0.05, 0.1) is 5.69 Å². The molecule has 15 heavy (non-hydrogen) atoms. The standard InChI is InChI=1S/C11H15BrN2O/c1-13-4-6-14(7-5-13)11-8-9(15)2-3-10(11)12/h2-3,8,15H,4-7H2,1H3. The van der Waals surface area contributed by atoms with E-state index in [1.807, 2.05) is 12.1 Å². The van der Waals surface area contributed by atoms with Gasteiger partial charge in [0.25, 0.3) is 0 Å². The van der Waals surface area contributed by atoms with Crippen LogP contribution in [0.2, 0.25) is 0 Å². The Balaban J connectivity index is 2.18. The van der Waals surface area contributed by atoms with E-state index in [0.29, 0.717) is 5.75 Å². The Morgan fingerprint density at radius 1 is 1.20 bits per heavy atom. The predicted molar refractivity (Wildman–Crippen MR) is 65.5 cm³/mol. The predicted octanol–water partition coefficient (Wildman–Crippen LogP) is 1.91. The van der Waals surface area contributed by atoms with Crippen molar-refractivity contribution in [3.05, 3.63) is 22.7 Å². The van der Waals surface area contributed by atoms with Crippen molar-refractivity contribution in [3.8, 4) is 5.75 Å². The van der Waals surface area contributed by atoms with E-state index in [4.69, 9.17) is 0 Å². The fourth-order valence-corrected chi connectivity index (χ4v) is 2.29. The third kappa shape index (κ3) is 2.44. The van der Waals surface area contributed by atoms with E-state index < -0.39 is 0 Å². The number of hydrogen-bond donors (Lipinski definition) is 1. The summed E-state index contributed by atoms with van der Waals surface area (Å²) in [6.07, 6.45) is 0. The first kappa shape index (κ1) is 10.8. The first-order valence-corrected chi connectivity index (χ1v) is 5.88. The first-order valence-electron chi connectivity index (χ1n) is 5.09. The Labute approximate surface area is 98.4 Å². The van der Waals surface area contributed by atoms with Crippen molar-refractivity contribution < 1.29 is 5.11 Å². The van der Waals surface area contributed by atoms with Crippen molar-refractivity contribution in [2.45, 2.75) is 0 Å². The molecule has 0 aromatic heterocycles. The monoisotopic (exact) mass is 270 g/mol. The average Bonchev–Trinajstić information content (AvgIpc) is 2.23. The Kier molecular flexibility index (Phi) is 3.17. The molecule has 1 fully saturated rings. The van der Waals surface area contributed by atoms with Crippen LogP contribution in [0.3, 0.4) is 0 Å². The zero-order valence-electron chi connectivity index (χ0n) is 8.78. The molecule has 1 aliphatic rings. The maximum absolute atomic E-state index is 9.46. The molecule has 0 saturated carbocycles. The quantitative estimate of drug-likeness (QED) is 0.845. The van der Waals surface area contributed by atoms with E-state index in [1.165, 1.54) is 0 Å². The molecule has 1 aromatic rings. The molecule has 1 heterocycles. The van der Waals surface area contributed by atoms with Crippen LogP contribution < -0.4 is 4.90 Å². The molecule has 1 aliphatic heterocycles. The van der Waals surface area contributed by atoms with Crippen molar-refractivity contribution in [2.24, 2.45) is 0 Å². The molecule has 1 N–H and O–H groups in total. The van der Waals surface area contributed by atoms with Gasteiger partial charge in [-0.1, -0.05) is 0 Å². The lowest BCUT2D eigenvalue weighted by Gasteiger charge is -2.34. The van der Waals surface area contributed by atoms with Crippen molar-refractivity contribution >= 4 is 21.6 Å². The Morgan fingerprint density at radius 3 is 2.53 bits per heavy atom. The van der Waals surface area contributed by atoms with Crippen molar-refractivity contribution in [1.29, 1.82) is 0 Å². The SMILES string of the molecule is CN1CCN(c2cc(O)ccc2Br)CC1. The van der Waals surface area contributed by atoms with Crippen LogP contribution in [-0.2, 0) is 0 Å². The number of aromatic hydroxyl groups is 1. The van der Waals surface area contributed by atoms with Crippen LogP contribution in [0.1, 0.15) is 0 Å². The minimum Gasteiger partial charge on any atom is -0.508 e. The highest BCUT2D eigenvalue weighted by atomic mass is 79.9. The molecular formula is C11H15BrN2O. The largest absolute Gasteiger partial charge is 0.508 e. The van der Waals surface area contributed by atoms with Gasteiger partial charge in [-0.05, 0) is 35.1 Å². The summed E-state index contributed by atoms with van der Waals surface area (Å²) in [6, 6.07) is 5.40. The number of halogens is 1. The van der Waals surface area contributed by atoms with Crippen molar-refractivity contribution in [3.63, 3.8) is 0 Å². The molecule has 1 saturated heterocycles. The number of anilines is 1. The van der Waals surface area contributed by atoms with E-state index in [9.17, 15) is 5.11 Å². The van der Waals surface area contributed by atoms with Crippen molar-refractivity contribution in [2.75, 3.05) is 38.1 Å². The summed E-state index contributed by atoms with van der Waals surface area (Å²) in [4.78, 5) is 4.61. The molecule has 4 heteroatoms. The number of piperazine rings is 1. The van der Waals surface area contributed by atoms with E-state index >= 15 is 0 Å². The number of likely N-dealkylation sites (N-methyl/N-ethyl adjacent to an activating group) is 1. The fourth-order valence-electron chi connectivity index (χ4n) is 1.79. The van der Waals surface area contributed by atoms with E-state index in [-0.39, 0.29) is 0 Å². The maximum atomic E-state index is 9.46. The van der Waals surface area contributed by atoms with Gasteiger partial charge >= 0.3 is 0 Å². The van der Waals surface area contributed by atoms with Gasteiger partial charge in [-0.25, -0.2) is 0 Å². The molecule has 2 rings (SSSR count). The summed E-state index contributed by atoms with van der Waals surface area (Å²) < 4.78 is 1.05. The fraction of sp³-hybridized carbons (Fsp3) is 0.455. The molecular weight excluding hydrogens is 256 g/mol. The van der Waals surface area contributed by atoms with Gasteiger partial charge in [-0.15, -0.1) is 0 Å². The third-order valence-electron chi connectivity index (χ3n) is 2.77. The molecule has 0 bridgehead atoms. The zero-order valence-corrected chi connectivity index (χ0v) is 10.4. The Hall–Kier alpha value is -0.740. The smallest absolute Gasteiger partial charge is 0.117 e. The van der Waals surface area contributed by atoms with Crippen molar-refractivity contribution in [1.82, 2.24) is 4.90 Å². The minimum atomic E-state index is 0.326. The van der Waals surface area contributed by atoms with Crippen LogP contribution in [-0.4, -0.2) is 43.2 Å². The topological polar surface area (TPSA) is 26.7 Å². The summed E-state index contributed by atoms with van der Waals surface area (Å²) in [5, 5.41) is 9.46. The van der Waals surface area contributed by atoms with Crippen LogP contribution in [0, 0.1) is 0 Å². The summed E-state index contributed by atoms with van der Waals surface area (Å²) >= 11 is 3.51. The zero-order chi connectivity index (χ0) is 10.8. The molecule has 1 aromatic carbocycles. The van der Waals surface area contributed by atoms with Crippen LogP contribution in [0.4, 0.5) is 5.69 Å². The molecule has 0 spiro atoms. The van der Waals surface area contributed by atoms with E-state index in [1.54, 1.807) is 6.07 Å². The molecule has 0 amide bonds. The molecule has 0 aliphatic carbocycles. The molecule has 0 radical (unpaired) electrons. The first-order chi connectivity index (χ1) is 7.16. The lowest BCUT2D eigenvalue weighted by atomic mass is 10.2. The Bertz CT molecular complexity index is 348. The lowest BCUT2D eigenvalue weighted by molar-refractivity contribution is 0.312. The van der Waals surface area contributed by atoms with Gasteiger partial charge < -0.3 is 14.9 Å². The van der Waals surface area contributed by atoms with Gasteiger partial charge in [-0.2, -0.15) is 0 Å². The third-order valence-corrected chi connectivity index (χ3v) is 3.44. The number of phenolic OH excluding ortho intramolecular Hbond substituents is 1. The van der Waals surface area contributed by atoms with Gasteiger partial charge in [0.15, 0.2) is 0 Å². The van der Waals surface area contributed by atoms with Crippen LogP contribution in [0.15, 0.2) is 22.7 Å². The molecule has 0 atom stereocenters. The summed E-state index contributed by atoms with van der Waals surface area (Å²) in [5.41, 5.74) is 1.09. The second kappa shape index (κ2) is 4.41. The van der Waals surface area contributed by atoms with Gasteiger partial charge in [0.2, 0.25) is 0 Å². The van der Waals surface area contributed by atoms with Crippen LogP contribution in [0.5, 0.6) is 5.75 Å². The van der Waals surface area contributed by atoms with Crippen LogP contribution in [0.25, 0.3) is 0 Å². The molecule has 0 unspecified atom stereocenters. The number of hydrogen-bond acceptors (Lipinski definition) is 3. The number of benzene rings is 1. The molecule has 82 valence electrons. The second-order valence-electron chi connectivity index (χ2n) is 3.93. The number of phenols is 1. The summed E-state index contributed by atoms with van der Waals surface area (Å²) in [6.45, 7) is 4.17. The van der Waals surface area contributed by atoms with Gasteiger partial charge in [0.1, 0.15) is 5.75 Å². The van der Waals surface area contributed by atoms with Crippen LogP contribution >= 0.6 is 15.9 Å². The lowest BCUT2D eigenvalue weighted by Crippen LogP contribution is -2.44. The summed E-state index contributed by atoms with van der Waals surface area (Å²) in [5.74, 6) is 0.326. The van der Waals surface area contributed by atoms with E-state index in [0.717, 1.165) is 36.3 Å². The Morgan fingerprint density at radius 2 is 1.87 bits per heavy atom. The van der Waals surface area contributed by atoms with E-state index in [2.05, 4.69) is 32.8 Å². The number of nitrogens with zero attached hydrogens (tertiary/aromatic N) is 2. The van der Waals surface area contributed by atoms with Gasteiger partial charge in [-0.3, -0.25) is 0 Å². The summed E-state index contributed by atoms with van der Waals surface area (Å²) in [7, 11) is 2.13. The minimum absolute atomic E-state index is 0.326. The highest BCUT2D eigenvalue weighted by Gasteiger charge is 2.16. The maximum Gasteiger partial charge on any atom is 0.117 e. The highest BCUT2D eigenvalue weighted by molar-refractivity contribution is 9.10. The average molecular weight is 271 g/mol. The number of rotatable bonds is 1. The normalized spacial score (nSPS) is 18.1. The molecule has 3 nitrogen and oxygen atoms in total. The second-order valence-corrected chi connectivity index (χ2v) is 4.78. The highest BCUT2D eigenvalue weighted by Crippen LogP contribution is 2.30. The van der Waals surface area contributed by atoms with Gasteiger partial charge in [0, 0.05) is 36.7 Å².